The molecule has 1 aromatic rings. The zero-order valence-electron chi connectivity index (χ0n) is 16.1. The van der Waals surface area contributed by atoms with Crippen molar-refractivity contribution in [1.29, 1.82) is 0 Å². The second-order valence-corrected chi connectivity index (χ2v) is 6.50. The van der Waals surface area contributed by atoms with E-state index >= 15 is 0 Å². The molecule has 0 saturated carbocycles. The molecule has 0 heterocycles. The van der Waals surface area contributed by atoms with Crippen LogP contribution in [-0.4, -0.2) is 41.4 Å². The highest BCUT2D eigenvalue weighted by atomic mass is 16.5. The zero-order valence-corrected chi connectivity index (χ0v) is 16.1. The van der Waals surface area contributed by atoms with Crippen LogP contribution in [-0.2, 0) is 25.7 Å². The van der Waals surface area contributed by atoms with Gasteiger partial charge in [0.1, 0.15) is 18.4 Å². The van der Waals surface area contributed by atoms with E-state index in [4.69, 9.17) is 9.84 Å². The third kappa shape index (κ3) is 10.9. The Labute approximate surface area is 164 Å². The summed E-state index contributed by atoms with van der Waals surface area (Å²) in [5, 5.41) is 14.1. The van der Waals surface area contributed by atoms with Gasteiger partial charge < -0.3 is 25.3 Å². The van der Waals surface area contributed by atoms with Gasteiger partial charge in [-0.25, -0.2) is 9.59 Å². The number of rotatable bonds is 13. The standard InChI is InChI=1S/C20H28N2O6/c1-15(23)11-12-17(19(25)26)22-18(24)10-6-3-7-13-21-20(27)28-14-16-8-4-2-5-9-16/h2,4-5,8-9,17H,3,6-7,10-14H2,1H3,(H,21,27)(H,22,24)(H,25,26)/t17-/m0/s1. The molecule has 0 saturated heterocycles. The van der Waals surface area contributed by atoms with E-state index in [0.29, 0.717) is 25.8 Å². The van der Waals surface area contributed by atoms with Gasteiger partial charge in [0, 0.05) is 19.4 Å². The number of hydrogen-bond acceptors (Lipinski definition) is 5. The number of hydrogen-bond donors (Lipinski definition) is 3. The predicted molar refractivity (Wildman–Crippen MR) is 103 cm³/mol. The van der Waals surface area contributed by atoms with Gasteiger partial charge in [-0.05, 0) is 31.7 Å². The number of carboxylic acid groups (broad SMARTS) is 1. The average Bonchev–Trinajstić information content (AvgIpc) is 2.66. The van der Waals surface area contributed by atoms with E-state index < -0.39 is 18.1 Å². The lowest BCUT2D eigenvalue weighted by Crippen LogP contribution is -2.40. The molecule has 3 N–H and O–H groups in total. The first-order valence-electron chi connectivity index (χ1n) is 9.34. The molecule has 8 heteroatoms. The van der Waals surface area contributed by atoms with Crippen molar-refractivity contribution in [3.8, 4) is 0 Å². The third-order valence-electron chi connectivity index (χ3n) is 3.98. The SMILES string of the molecule is CC(=O)CC[C@H](NC(=O)CCCCCNC(=O)OCc1ccccc1)C(=O)O. The Morgan fingerprint density at radius 2 is 1.75 bits per heavy atom. The van der Waals surface area contributed by atoms with Crippen molar-refractivity contribution in [2.75, 3.05) is 6.54 Å². The smallest absolute Gasteiger partial charge is 0.407 e. The molecule has 1 atom stereocenters. The van der Waals surface area contributed by atoms with Gasteiger partial charge in [-0.2, -0.15) is 0 Å². The monoisotopic (exact) mass is 392 g/mol. The van der Waals surface area contributed by atoms with Crippen molar-refractivity contribution >= 4 is 23.8 Å². The lowest BCUT2D eigenvalue weighted by atomic mass is 10.1. The Balaban J connectivity index is 2.09. The number of aliphatic carboxylic acids is 1. The Morgan fingerprint density at radius 3 is 2.39 bits per heavy atom. The number of carbonyl (C=O) groups is 4. The molecule has 0 aliphatic heterocycles. The fourth-order valence-electron chi connectivity index (χ4n) is 2.42. The minimum atomic E-state index is -1.15. The topological polar surface area (TPSA) is 122 Å². The minimum Gasteiger partial charge on any atom is -0.480 e. The van der Waals surface area contributed by atoms with E-state index in [1.54, 1.807) is 0 Å². The Morgan fingerprint density at radius 1 is 1.04 bits per heavy atom. The highest BCUT2D eigenvalue weighted by molar-refractivity contribution is 5.84. The van der Waals surface area contributed by atoms with Crippen molar-refractivity contribution in [3.05, 3.63) is 35.9 Å². The molecule has 28 heavy (non-hydrogen) atoms. The molecule has 0 aliphatic carbocycles. The number of ketones is 1. The van der Waals surface area contributed by atoms with E-state index in [1.807, 2.05) is 30.3 Å². The molecule has 0 bridgehead atoms. The fraction of sp³-hybridized carbons (Fsp3) is 0.500. The van der Waals surface area contributed by atoms with Gasteiger partial charge in [-0.3, -0.25) is 4.79 Å². The van der Waals surface area contributed by atoms with E-state index in [1.165, 1.54) is 6.92 Å². The minimum absolute atomic E-state index is 0.0887. The molecule has 0 fully saturated rings. The first-order chi connectivity index (χ1) is 13.4. The van der Waals surface area contributed by atoms with Crippen LogP contribution in [0.5, 0.6) is 0 Å². The number of amides is 2. The summed E-state index contributed by atoms with van der Waals surface area (Å²) in [5.74, 6) is -1.62. The number of carboxylic acids is 1. The van der Waals surface area contributed by atoms with Crippen LogP contribution >= 0.6 is 0 Å². The van der Waals surface area contributed by atoms with Crippen LogP contribution in [0.2, 0.25) is 0 Å². The molecular weight excluding hydrogens is 364 g/mol. The maximum atomic E-state index is 11.8. The summed E-state index contributed by atoms with van der Waals surface area (Å²) >= 11 is 0. The summed E-state index contributed by atoms with van der Waals surface area (Å²) in [7, 11) is 0. The normalized spacial score (nSPS) is 11.3. The van der Waals surface area contributed by atoms with E-state index in [-0.39, 0.29) is 37.6 Å². The van der Waals surface area contributed by atoms with Crippen LogP contribution in [0.15, 0.2) is 30.3 Å². The summed E-state index contributed by atoms with van der Waals surface area (Å²) < 4.78 is 5.09. The molecule has 0 spiro atoms. The molecule has 0 radical (unpaired) electrons. The number of benzene rings is 1. The third-order valence-corrected chi connectivity index (χ3v) is 3.98. The molecule has 154 valence electrons. The summed E-state index contributed by atoms with van der Waals surface area (Å²) in [5.41, 5.74) is 0.909. The number of Topliss-reactive ketones (excluding diaryl/α,β-unsaturated/α-hetero) is 1. The highest BCUT2D eigenvalue weighted by Gasteiger charge is 2.19. The van der Waals surface area contributed by atoms with Gasteiger partial charge in [0.25, 0.3) is 0 Å². The Bertz CT molecular complexity index is 647. The molecule has 8 nitrogen and oxygen atoms in total. The van der Waals surface area contributed by atoms with Crippen LogP contribution in [0.25, 0.3) is 0 Å². The van der Waals surface area contributed by atoms with E-state index in [9.17, 15) is 19.2 Å². The first-order valence-corrected chi connectivity index (χ1v) is 9.34. The number of nitrogens with one attached hydrogen (secondary N) is 2. The average molecular weight is 392 g/mol. The van der Waals surface area contributed by atoms with Gasteiger partial charge in [0.2, 0.25) is 5.91 Å². The van der Waals surface area contributed by atoms with Crippen molar-refractivity contribution in [2.45, 2.75) is 58.1 Å². The van der Waals surface area contributed by atoms with Crippen molar-refractivity contribution < 1.29 is 29.0 Å². The van der Waals surface area contributed by atoms with Crippen molar-refractivity contribution in [3.63, 3.8) is 0 Å². The summed E-state index contributed by atoms with van der Waals surface area (Å²) in [6.45, 7) is 2.03. The van der Waals surface area contributed by atoms with Crippen LogP contribution in [0.4, 0.5) is 4.79 Å². The maximum Gasteiger partial charge on any atom is 0.407 e. The summed E-state index contributed by atoms with van der Waals surface area (Å²) in [6, 6.07) is 8.32. The van der Waals surface area contributed by atoms with Gasteiger partial charge in [0.05, 0.1) is 0 Å². The number of unbranched alkanes of at least 4 members (excludes halogenated alkanes) is 2. The highest BCUT2D eigenvalue weighted by Crippen LogP contribution is 2.04. The van der Waals surface area contributed by atoms with Gasteiger partial charge in [-0.1, -0.05) is 36.8 Å². The van der Waals surface area contributed by atoms with Gasteiger partial charge in [0.15, 0.2) is 0 Å². The lowest BCUT2D eigenvalue weighted by molar-refractivity contribution is -0.142. The van der Waals surface area contributed by atoms with Crippen LogP contribution in [0.1, 0.15) is 51.0 Å². The number of alkyl carbamates (subject to hydrolysis) is 1. The lowest BCUT2D eigenvalue weighted by Gasteiger charge is -2.13. The number of carbonyl (C=O) groups excluding carboxylic acids is 3. The van der Waals surface area contributed by atoms with E-state index in [0.717, 1.165) is 5.56 Å². The molecule has 0 aromatic heterocycles. The van der Waals surface area contributed by atoms with Gasteiger partial charge in [-0.15, -0.1) is 0 Å². The van der Waals surface area contributed by atoms with Crippen molar-refractivity contribution in [2.24, 2.45) is 0 Å². The predicted octanol–water partition coefficient (Wildman–Crippen LogP) is 2.41. The summed E-state index contributed by atoms with van der Waals surface area (Å²) in [6.07, 6.45) is 1.87. The Kier molecular flexibility index (Phi) is 11.0. The van der Waals surface area contributed by atoms with Crippen LogP contribution < -0.4 is 10.6 Å². The Hall–Kier alpha value is -2.90. The maximum absolute atomic E-state index is 11.8. The molecule has 1 aromatic carbocycles. The molecule has 2 amide bonds. The summed E-state index contributed by atoms with van der Waals surface area (Å²) in [4.78, 5) is 45.4. The molecule has 0 aliphatic rings. The first kappa shape index (κ1) is 23.1. The van der Waals surface area contributed by atoms with Crippen molar-refractivity contribution in [1.82, 2.24) is 10.6 Å². The second-order valence-electron chi connectivity index (χ2n) is 6.50. The van der Waals surface area contributed by atoms with E-state index in [2.05, 4.69) is 10.6 Å². The molecular formula is C20H28N2O6. The molecule has 0 unspecified atom stereocenters. The molecule has 1 rings (SSSR count). The largest absolute Gasteiger partial charge is 0.480 e. The zero-order chi connectivity index (χ0) is 20.8. The van der Waals surface area contributed by atoms with Crippen LogP contribution in [0, 0.1) is 0 Å². The fourth-order valence-corrected chi connectivity index (χ4v) is 2.42. The number of ether oxygens (including phenoxy) is 1. The second kappa shape index (κ2) is 13.3. The quantitative estimate of drug-likeness (QED) is 0.443. The van der Waals surface area contributed by atoms with Gasteiger partial charge >= 0.3 is 12.1 Å². The van der Waals surface area contributed by atoms with Crippen LogP contribution in [0.3, 0.4) is 0 Å².